The van der Waals surface area contributed by atoms with Crippen molar-refractivity contribution < 1.29 is 4.79 Å². The summed E-state index contributed by atoms with van der Waals surface area (Å²) < 4.78 is 0. The predicted octanol–water partition coefficient (Wildman–Crippen LogP) is 2.20. The molecule has 20 heavy (non-hydrogen) atoms. The Kier molecular flexibility index (Phi) is 5.07. The van der Waals surface area contributed by atoms with Crippen LogP contribution in [0, 0.1) is 34.0 Å². The van der Waals surface area contributed by atoms with Gasteiger partial charge in [0, 0.05) is 12.2 Å². The number of rotatable bonds is 3. The number of hydrogen-bond donors (Lipinski definition) is 0. The maximum atomic E-state index is 11.6. The molecule has 0 radical (unpaired) electrons. The Hall–Kier alpha value is -2.58. The van der Waals surface area contributed by atoms with Gasteiger partial charge < -0.3 is 4.90 Å². The van der Waals surface area contributed by atoms with Gasteiger partial charge in [0.1, 0.15) is 23.8 Å². The highest BCUT2D eigenvalue weighted by Gasteiger charge is 2.29. The Morgan fingerprint density at radius 3 is 2.15 bits per heavy atom. The summed E-state index contributed by atoms with van der Waals surface area (Å²) in [5, 5.41) is 27.1. The van der Waals surface area contributed by atoms with Crippen LogP contribution in [0.2, 0.25) is 0 Å². The molecule has 0 amide bonds. The van der Waals surface area contributed by atoms with Gasteiger partial charge in [0.25, 0.3) is 0 Å². The van der Waals surface area contributed by atoms with Crippen molar-refractivity contribution in [3.05, 3.63) is 22.4 Å². The summed E-state index contributed by atoms with van der Waals surface area (Å²) in [7, 11) is 0. The second kappa shape index (κ2) is 6.55. The maximum absolute atomic E-state index is 11.6. The fraction of sp³-hybridized carbons (Fsp3) is 0.467. The van der Waals surface area contributed by atoms with Gasteiger partial charge in [0.05, 0.1) is 11.6 Å². The molecule has 0 spiro atoms. The fourth-order valence-corrected chi connectivity index (χ4v) is 2.49. The topological polar surface area (TPSA) is 91.7 Å². The Labute approximate surface area is 119 Å². The van der Waals surface area contributed by atoms with E-state index < -0.39 is 0 Å². The van der Waals surface area contributed by atoms with E-state index in [2.05, 4.69) is 6.07 Å². The first-order valence-corrected chi connectivity index (χ1v) is 6.37. The van der Waals surface area contributed by atoms with Crippen molar-refractivity contribution in [3.8, 4) is 18.2 Å². The highest BCUT2D eigenvalue weighted by Crippen LogP contribution is 2.27. The van der Waals surface area contributed by atoms with Gasteiger partial charge in [-0.2, -0.15) is 15.8 Å². The van der Waals surface area contributed by atoms with Gasteiger partial charge in [-0.25, -0.2) is 0 Å². The van der Waals surface area contributed by atoms with Gasteiger partial charge in [-0.05, 0) is 39.2 Å². The van der Waals surface area contributed by atoms with Crippen LogP contribution in [0.5, 0.6) is 0 Å². The standard InChI is InChI=1S/C15H16N4O/c1-10(13(7-16)8-17)14(9-18)11(2)19-6-4-5-15(19)12(3)20/h15H,4-6H2,1-3H3/b14-11+. The summed E-state index contributed by atoms with van der Waals surface area (Å²) in [6.07, 6.45) is 1.67. The van der Waals surface area contributed by atoms with Gasteiger partial charge >= 0.3 is 0 Å². The lowest BCUT2D eigenvalue weighted by atomic mass is 10.0. The zero-order valence-corrected chi connectivity index (χ0v) is 11.9. The number of nitriles is 3. The van der Waals surface area contributed by atoms with Gasteiger partial charge in [-0.1, -0.05) is 0 Å². The van der Waals surface area contributed by atoms with E-state index in [9.17, 15) is 10.1 Å². The minimum atomic E-state index is -0.209. The summed E-state index contributed by atoms with van der Waals surface area (Å²) in [5.41, 5.74) is 1.26. The van der Waals surface area contributed by atoms with Crippen LogP contribution in [0.25, 0.3) is 0 Å². The normalized spacial score (nSPS) is 18.4. The zero-order chi connectivity index (χ0) is 15.3. The number of allylic oxidation sites excluding steroid dienone is 4. The number of nitrogens with zero attached hydrogens (tertiary/aromatic N) is 4. The molecule has 0 saturated carbocycles. The van der Waals surface area contributed by atoms with Crippen LogP contribution in [-0.4, -0.2) is 23.3 Å². The Morgan fingerprint density at radius 2 is 1.70 bits per heavy atom. The summed E-state index contributed by atoms with van der Waals surface area (Å²) in [4.78, 5) is 13.5. The van der Waals surface area contributed by atoms with Crippen LogP contribution < -0.4 is 0 Å². The molecule has 1 aliphatic rings. The van der Waals surface area contributed by atoms with Crippen LogP contribution in [-0.2, 0) is 4.79 Å². The van der Waals surface area contributed by atoms with Crippen LogP contribution in [0.15, 0.2) is 22.4 Å². The molecule has 1 heterocycles. The van der Waals surface area contributed by atoms with Crippen molar-refractivity contribution in [1.29, 1.82) is 15.8 Å². The van der Waals surface area contributed by atoms with Crippen molar-refractivity contribution in [2.45, 2.75) is 39.7 Å². The minimum Gasteiger partial charge on any atom is -0.364 e. The average molecular weight is 268 g/mol. The number of ketones is 1. The molecule has 5 nitrogen and oxygen atoms in total. The second-order valence-corrected chi connectivity index (χ2v) is 4.76. The van der Waals surface area contributed by atoms with Crippen molar-refractivity contribution in [2.24, 2.45) is 0 Å². The summed E-state index contributed by atoms with van der Waals surface area (Å²) in [6, 6.07) is 5.43. The van der Waals surface area contributed by atoms with E-state index in [0.717, 1.165) is 12.8 Å². The SMILES string of the molecule is CC(=O)C1CCCN1/C(C)=C(\C#N)C(C)=C(C#N)C#N. The number of Topliss-reactive ketones (excluding diaryl/α,β-unsaturated/α-hetero) is 1. The van der Waals surface area contributed by atoms with Gasteiger partial charge in [-0.3, -0.25) is 4.79 Å². The molecule has 1 aliphatic heterocycles. The molecule has 1 rings (SSSR count). The Morgan fingerprint density at radius 1 is 1.10 bits per heavy atom. The smallest absolute Gasteiger partial charge is 0.152 e. The molecule has 1 unspecified atom stereocenters. The monoisotopic (exact) mass is 268 g/mol. The number of hydrogen-bond acceptors (Lipinski definition) is 5. The number of carbonyl (C=O) groups excluding carboxylic acids is 1. The van der Waals surface area contributed by atoms with Crippen molar-refractivity contribution in [1.82, 2.24) is 4.90 Å². The van der Waals surface area contributed by atoms with Crippen molar-refractivity contribution in [3.63, 3.8) is 0 Å². The first kappa shape index (κ1) is 15.5. The molecule has 1 atom stereocenters. The van der Waals surface area contributed by atoms with Crippen LogP contribution in [0.3, 0.4) is 0 Å². The van der Waals surface area contributed by atoms with Crippen molar-refractivity contribution in [2.75, 3.05) is 6.54 Å². The van der Waals surface area contributed by atoms with Gasteiger partial charge in [0.2, 0.25) is 0 Å². The lowest BCUT2D eigenvalue weighted by Gasteiger charge is -2.26. The quantitative estimate of drug-likeness (QED) is 0.578. The molecule has 102 valence electrons. The van der Waals surface area contributed by atoms with E-state index in [0.29, 0.717) is 23.4 Å². The Balaban J connectivity index is 3.32. The Bertz CT molecular complexity index is 591. The largest absolute Gasteiger partial charge is 0.364 e. The van der Waals surface area contributed by atoms with Crippen LogP contribution >= 0.6 is 0 Å². The first-order valence-electron chi connectivity index (χ1n) is 6.37. The molecule has 0 N–H and O–H groups in total. The minimum absolute atomic E-state index is 0.0699. The van der Waals surface area contributed by atoms with Gasteiger partial charge in [-0.15, -0.1) is 0 Å². The van der Waals surface area contributed by atoms with E-state index in [-0.39, 0.29) is 17.4 Å². The lowest BCUT2D eigenvalue weighted by Crippen LogP contribution is -2.34. The predicted molar refractivity (Wildman–Crippen MR) is 72.6 cm³/mol. The molecular formula is C15H16N4O. The highest BCUT2D eigenvalue weighted by molar-refractivity contribution is 5.82. The molecular weight excluding hydrogens is 252 g/mol. The van der Waals surface area contributed by atoms with Crippen molar-refractivity contribution >= 4 is 5.78 Å². The molecule has 0 aliphatic carbocycles. The second-order valence-electron chi connectivity index (χ2n) is 4.76. The molecule has 1 saturated heterocycles. The highest BCUT2D eigenvalue weighted by atomic mass is 16.1. The summed E-state index contributed by atoms with van der Waals surface area (Å²) in [6.45, 7) is 5.60. The third-order valence-electron chi connectivity index (χ3n) is 3.60. The number of carbonyl (C=O) groups is 1. The van der Waals surface area contributed by atoms with E-state index >= 15 is 0 Å². The zero-order valence-electron chi connectivity index (χ0n) is 11.9. The van der Waals surface area contributed by atoms with E-state index in [1.165, 1.54) is 0 Å². The number of likely N-dealkylation sites (tertiary alicyclic amines) is 1. The first-order chi connectivity index (χ1) is 9.47. The molecule has 0 bridgehead atoms. The molecule has 5 heteroatoms. The van der Waals surface area contributed by atoms with Gasteiger partial charge in [0.15, 0.2) is 5.78 Å². The maximum Gasteiger partial charge on any atom is 0.152 e. The molecule has 0 aromatic carbocycles. The summed E-state index contributed by atoms with van der Waals surface area (Å²) in [5.74, 6) is 0.0709. The lowest BCUT2D eigenvalue weighted by molar-refractivity contribution is -0.120. The molecule has 1 fully saturated rings. The van der Waals surface area contributed by atoms with E-state index in [1.807, 2.05) is 4.90 Å². The van der Waals surface area contributed by atoms with E-state index in [1.54, 1.807) is 32.9 Å². The summed E-state index contributed by atoms with van der Waals surface area (Å²) >= 11 is 0. The third-order valence-corrected chi connectivity index (χ3v) is 3.60. The third kappa shape index (κ3) is 2.87. The molecule has 0 aromatic rings. The van der Waals surface area contributed by atoms with Crippen LogP contribution in [0.1, 0.15) is 33.6 Å². The molecule has 0 aromatic heterocycles. The fourth-order valence-electron chi connectivity index (χ4n) is 2.49. The average Bonchev–Trinajstić information content (AvgIpc) is 2.90. The van der Waals surface area contributed by atoms with Crippen LogP contribution in [0.4, 0.5) is 0 Å². The van der Waals surface area contributed by atoms with E-state index in [4.69, 9.17) is 10.5 Å².